The third kappa shape index (κ3) is 4.51. The summed E-state index contributed by atoms with van der Waals surface area (Å²) in [7, 11) is 3.76. The molecule has 0 N–H and O–H groups in total. The van der Waals surface area contributed by atoms with Crippen LogP contribution in [0, 0.1) is 11.6 Å². The van der Waals surface area contributed by atoms with Gasteiger partial charge in [0.05, 0.1) is 16.8 Å². The zero-order chi connectivity index (χ0) is 21.1. The lowest BCUT2D eigenvalue weighted by atomic mass is 10.2. The second kappa shape index (κ2) is 8.52. The average molecular weight is 419 g/mol. The molecule has 29 heavy (non-hydrogen) atoms. The van der Waals surface area contributed by atoms with Crippen molar-refractivity contribution in [3.63, 3.8) is 0 Å². The number of aromatic nitrogens is 1. The summed E-state index contributed by atoms with van der Waals surface area (Å²) in [5.41, 5.74) is 1.25. The number of carbonyl (C=O) groups is 2. The lowest BCUT2D eigenvalue weighted by Gasteiger charge is -2.11. The molecule has 0 bridgehead atoms. The minimum absolute atomic E-state index is 0.000964. The number of halogens is 2. The van der Waals surface area contributed by atoms with E-state index >= 15 is 0 Å². The zero-order valence-electron chi connectivity index (χ0n) is 16.1. The Morgan fingerprint density at radius 1 is 1.17 bits per heavy atom. The number of carbonyl (C=O) groups excluding carboxylic acids is 2. The first-order valence-corrected chi connectivity index (χ1v) is 9.62. The molecule has 0 aliphatic carbocycles. The number of hydrogen-bond acceptors (Lipinski definition) is 5. The maximum absolute atomic E-state index is 14.4. The number of esters is 1. The van der Waals surface area contributed by atoms with Gasteiger partial charge in [-0.3, -0.25) is 9.59 Å². The molecule has 3 rings (SSSR count). The SMILES string of the molecule is CCOC(=O)Cn1c(=NC(=O)c2ccc(N(C)C)cc2)sc2cc(F)cc(F)c21. The highest BCUT2D eigenvalue weighted by Gasteiger charge is 2.17. The van der Waals surface area contributed by atoms with Crippen LogP contribution >= 0.6 is 11.3 Å². The van der Waals surface area contributed by atoms with Crippen molar-refractivity contribution in [1.29, 1.82) is 0 Å². The predicted octanol–water partition coefficient (Wildman–Crippen LogP) is 3.35. The van der Waals surface area contributed by atoms with E-state index in [1.165, 1.54) is 4.57 Å². The van der Waals surface area contributed by atoms with Gasteiger partial charge in [0.15, 0.2) is 10.6 Å². The number of nitrogens with zero attached hydrogens (tertiary/aromatic N) is 3. The minimum Gasteiger partial charge on any atom is -0.465 e. The summed E-state index contributed by atoms with van der Waals surface area (Å²) in [5, 5.41) is 0. The molecule has 0 saturated carbocycles. The van der Waals surface area contributed by atoms with Crippen LogP contribution in [0.3, 0.4) is 0 Å². The molecule has 152 valence electrons. The van der Waals surface area contributed by atoms with Gasteiger partial charge in [0, 0.05) is 31.4 Å². The Morgan fingerprint density at radius 3 is 2.48 bits per heavy atom. The van der Waals surface area contributed by atoms with Crippen LogP contribution in [0.2, 0.25) is 0 Å². The minimum atomic E-state index is -0.843. The summed E-state index contributed by atoms with van der Waals surface area (Å²) in [6, 6.07) is 8.67. The number of fused-ring (bicyclic) bond motifs is 1. The summed E-state index contributed by atoms with van der Waals surface area (Å²) >= 11 is 0.923. The summed E-state index contributed by atoms with van der Waals surface area (Å²) < 4.78 is 34.4. The largest absolute Gasteiger partial charge is 0.465 e. The lowest BCUT2D eigenvalue weighted by Crippen LogP contribution is -2.23. The Morgan fingerprint density at radius 2 is 1.86 bits per heavy atom. The van der Waals surface area contributed by atoms with Crippen LogP contribution in [0.15, 0.2) is 41.4 Å². The molecule has 0 atom stereocenters. The van der Waals surface area contributed by atoms with Gasteiger partial charge in [-0.25, -0.2) is 8.78 Å². The normalized spacial score (nSPS) is 11.7. The van der Waals surface area contributed by atoms with E-state index in [9.17, 15) is 18.4 Å². The van der Waals surface area contributed by atoms with Crippen LogP contribution in [0.25, 0.3) is 10.2 Å². The predicted molar refractivity (Wildman–Crippen MR) is 107 cm³/mol. The Balaban J connectivity index is 2.10. The Hall–Kier alpha value is -3.07. The smallest absolute Gasteiger partial charge is 0.326 e. The maximum Gasteiger partial charge on any atom is 0.326 e. The fourth-order valence-electron chi connectivity index (χ4n) is 2.75. The van der Waals surface area contributed by atoms with Gasteiger partial charge >= 0.3 is 5.97 Å². The summed E-state index contributed by atoms with van der Waals surface area (Å²) in [6.45, 7) is 1.46. The average Bonchev–Trinajstić information content (AvgIpc) is 2.98. The van der Waals surface area contributed by atoms with Crippen LogP contribution in [-0.2, 0) is 16.1 Å². The molecule has 0 unspecified atom stereocenters. The highest BCUT2D eigenvalue weighted by molar-refractivity contribution is 7.16. The third-order valence-corrected chi connectivity index (χ3v) is 5.14. The highest BCUT2D eigenvalue weighted by Crippen LogP contribution is 2.22. The first-order chi connectivity index (χ1) is 13.8. The molecule has 0 aliphatic rings. The molecule has 1 amide bonds. The zero-order valence-corrected chi connectivity index (χ0v) is 16.9. The van der Waals surface area contributed by atoms with Crippen LogP contribution in [0.4, 0.5) is 14.5 Å². The van der Waals surface area contributed by atoms with Crippen molar-refractivity contribution < 1.29 is 23.1 Å². The van der Waals surface area contributed by atoms with E-state index in [1.807, 2.05) is 19.0 Å². The first kappa shape index (κ1) is 20.7. The first-order valence-electron chi connectivity index (χ1n) is 8.80. The van der Waals surface area contributed by atoms with Crippen LogP contribution in [0.5, 0.6) is 0 Å². The van der Waals surface area contributed by atoms with Gasteiger partial charge in [-0.15, -0.1) is 0 Å². The van der Waals surface area contributed by atoms with E-state index in [4.69, 9.17) is 4.74 Å². The molecule has 0 radical (unpaired) electrons. The third-order valence-electron chi connectivity index (χ3n) is 4.12. The standard InChI is InChI=1S/C20H19F2N3O3S/c1-4-28-17(26)11-25-18-15(22)9-13(21)10-16(18)29-20(25)23-19(27)12-5-7-14(8-6-12)24(2)3/h5-10H,4,11H2,1-3H3. The van der Waals surface area contributed by atoms with Crippen LogP contribution in [-0.4, -0.2) is 37.1 Å². The van der Waals surface area contributed by atoms with Gasteiger partial charge in [0.25, 0.3) is 5.91 Å². The number of hydrogen-bond donors (Lipinski definition) is 0. The topological polar surface area (TPSA) is 63.9 Å². The molecule has 0 aliphatic heterocycles. The number of anilines is 1. The van der Waals surface area contributed by atoms with Gasteiger partial charge in [0.2, 0.25) is 0 Å². The molecule has 0 spiro atoms. The van der Waals surface area contributed by atoms with Crippen molar-refractivity contribution in [3.05, 3.63) is 58.4 Å². The summed E-state index contributed by atoms with van der Waals surface area (Å²) in [5.74, 6) is -2.76. The molecule has 3 aromatic rings. The van der Waals surface area contributed by atoms with Crippen molar-refractivity contribution in [1.82, 2.24) is 4.57 Å². The van der Waals surface area contributed by atoms with Gasteiger partial charge < -0.3 is 14.2 Å². The molecular formula is C20H19F2N3O3S. The molecule has 0 fully saturated rings. The van der Waals surface area contributed by atoms with Crippen LogP contribution < -0.4 is 9.70 Å². The van der Waals surface area contributed by atoms with Crippen molar-refractivity contribution in [2.75, 3.05) is 25.6 Å². The summed E-state index contributed by atoms with van der Waals surface area (Å²) in [4.78, 5) is 30.6. The van der Waals surface area contributed by atoms with Gasteiger partial charge in [-0.1, -0.05) is 11.3 Å². The quantitative estimate of drug-likeness (QED) is 0.595. The molecular weight excluding hydrogens is 400 g/mol. The van der Waals surface area contributed by atoms with E-state index in [0.29, 0.717) is 5.56 Å². The number of rotatable bonds is 5. The fraction of sp³-hybridized carbons (Fsp3) is 0.250. The Bertz CT molecular complexity index is 1130. The Labute approximate surface area is 169 Å². The van der Waals surface area contributed by atoms with E-state index < -0.39 is 23.5 Å². The monoisotopic (exact) mass is 419 g/mol. The second-order valence-corrected chi connectivity index (χ2v) is 7.38. The van der Waals surface area contributed by atoms with Gasteiger partial charge in [0.1, 0.15) is 12.4 Å². The molecule has 9 heteroatoms. The number of amides is 1. The number of ether oxygens (including phenoxy) is 1. The summed E-state index contributed by atoms with van der Waals surface area (Å²) in [6.07, 6.45) is 0. The second-order valence-electron chi connectivity index (χ2n) is 6.37. The molecule has 2 aromatic carbocycles. The van der Waals surface area contributed by atoms with Crippen molar-refractivity contribution >= 4 is 39.1 Å². The Kier molecular flexibility index (Phi) is 6.07. The van der Waals surface area contributed by atoms with Gasteiger partial charge in [-0.05, 0) is 37.3 Å². The molecule has 0 saturated heterocycles. The van der Waals surface area contributed by atoms with Crippen molar-refractivity contribution in [2.45, 2.75) is 13.5 Å². The molecule has 1 aromatic heterocycles. The van der Waals surface area contributed by atoms with E-state index in [1.54, 1.807) is 31.2 Å². The van der Waals surface area contributed by atoms with Crippen molar-refractivity contribution in [2.24, 2.45) is 4.99 Å². The van der Waals surface area contributed by atoms with Gasteiger partial charge in [-0.2, -0.15) is 4.99 Å². The van der Waals surface area contributed by atoms with Crippen molar-refractivity contribution in [3.8, 4) is 0 Å². The van der Waals surface area contributed by atoms with Crippen LogP contribution in [0.1, 0.15) is 17.3 Å². The molecule has 6 nitrogen and oxygen atoms in total. The van der Waals surface area contributed by atoms with E-state index in [2.05, 4.69) is 4.99 Å². The lowest BCUT2D eigenvalue weighted by molar-refractivity contribution is -0.143. The molecule has 1 heterocycles. The van der Waals surface area contributed by atoms with E-state index in [0.717, 1.165) is 29.2 Å². The number of thiazole rings is 1. The highest BCUT2D eigenvalue weighted by atomic mass is 32.1. The maximum atomic E-state index is 14.4. The van der Waals surface area contributed by atoms with E-state index in [-0.39, 0.29) is 28.2 Å². The number of benzene rings is 2. The fourth-order valence-corrected chi connectivity index (χ4v) is 3.82.